The number of thiophene rings is 1. The lowest BCUT2D eigenvalue weighted by molar-refractivity contribution is 0.0778. The van der Waals surface area contributed by atoms with Crippen molar-refractivity contribution in [3.63, 3.8) is 0 Å². The van der Waals surface area contributed by atoms with Gasteiger partial charge in [0.25, 0.3) is 11.8 Å². The number of benzene rings is 2. The summed E-state index contributed by atoms with van der Waals surface area (Å²) in [5.74, 6) is -1.31. The van der Waals surface area contributed by atoms with Crippen molar-refractivity contribution in [2.45, 2.75) is 46.7 Å². The van der Waals surface area contributed by atoms with E-state index < -0.39 is 11.6 Å². The SMILES string of the molecule is CCCN1Cc2nc(C)c(-c3nnc(C)o3)c(-c3ccc(C(=O)NCc4ccc(F)c(F)c4)s3)c2C1=O.Fc1ccc2c(c1)OCC2. The molecule has 2 amide bonds. The fraction of sp³-hybridized carbons (Fsp3) is 0.265. The van der Waals surface area contributed by atoms with E-state index in [-0.39, 0.29) is 30.1 Å². The second kappa shape index (κ2) is 13.4. The van der Waals surface area contributed by atoms with Gasteiger partial charge in [-0.1, -0.05) is 19.1 Å². The Morgan fingerprint density at radius 3 is 2.57 bits per heavy atom. The maximum atomic E-state index is 13.5. The van der Waals surface area contributed by atoms with Crippen molar-refractivity contribution in [1.82, 2.24) is 25.4 Å². The summed E-state index contributed by atoms with van der Waals surface area (Å²) in [6.45, 7) is 7.25. The molecule has 0 bridgehead atoms. The topological polar surface area (TPSA) is 110 Å². The molecular formula is C34H30F3N5O4S. The summed E-state index contributed by atoms with van der Waals surface area (Å²) in [7, 11) is 0. The van der Waals surface area contributed by atoms with E-state index in [0.29, 0.717) is 74.7 Å². The largest absolute Gasteiger partial charge is 0.493 e. The van der Waals surface area contributed by atoms with E-state index in [0.717, 1.165) is 30.5 Å². The van der Waals surface area contributed by atoms with Gasteiger partial charge in [-0.2, -0.15) is 0 Å². The molecule has 7 rings (SSSR count). The zero-order chi connectivity index (χ0) is 33.2. The van der Waals surface area contributed by atoms with Crippen molar-refractivity contribution in [3.05, 3.63) is 105 Å². The number of hydrogen-bond donors (Lipinski definition) is 1. The highest BCUT2D eigenvalue weighted by Gasteiger charge is 2.35. The Kier molecular flexibility index (Phi) is 9.08. The molecule has 5 aromatic rings. The van der Waals surface area contributed by atoms with Gasteiger partial charge in [0.15, 0.2) is 11.6 Å². The first kappa shape index (κ1) is 31.9. The number of aryl methyl sites for hydroxylation is 2. The average Bonchev–Trinajstić information content (AvgIpc) is 3.85. The minimum Gasteiger partial charge on any atom is -0.493 e. The molecule has 0 radical (unpaired) electrons. The van der Waals surface area contributed by atoms with Crippen LogP contribution in [0.2, 0.25) is 0 Å². The molecule has 3 aromatic heterocycles. The number of nitrogens with one attached hydrogen (secondary N) is 1. The number of ether oxygens (including phenoxy) is 1. The molecular weight excluding hydrogens is 631 g/mol. The van der Waals surface area contributed by atoms with Crippen LogP contribution < -0.4 is 10.1 Å². The number of hydrogen-bond acceptors (Lipinski definition) is 8. The third-order valence-electron chi connectivity index (χ3n) is 7.70. The average molecular weight is 662 g/mol. The number of fused-ring (bicyclic) bond motifs is 2. The number of rotatable bonds is 7. The highest BCUT2D eigenvalue weighted by Crippen LogP contribution is 2.43. The molecule has 0 saturated heterocycles. The van der Waals surface area contributed by atoms with Gasteiger partial charge in [0.1, 0.15) is 11.6 Å². The summed E-state index contributed by atoms with van der Waals surface area (Å²) in [6.07, 6.45) is 1.72. The van der Waals surface area contributed by atoms with Gasteiger partial charge in [-0.15, -0.1) is 21.5 Å². The zero-order valence-electron chi connectivity index (χ0n) is 25.8. The molecule has 1 N–H and O–H groups in total. The Hall–Kier alpha value is -5.04. The summed E-state index contributed by atoms with van der Waals surface area (Å²) in [4.78, 5) is 33.8. The van der Waals surface area contributed by atoms with E-state index >= 15 is 0 Å². The molecule has 0 fully saturated rings. The number of carbonyl (C=O) groups is 2. The van der Waals surface area contributed by atoms with Crippen molar-refractivity contribution in [2.75, 3.05) is 13.2 Å². The summed E-state index contributed by atoms with van der Waals surface area (Å²) in [5, 5.41) is 10.8. The zero-order valence-corrected chi connectivity index (χ0v) is 26.6. The summed E-state index contributed by atoms with van der Waals surface area (Å²) in [5.41, 5.74) is 4.50. The minimum absolute atomic E-state index is 0.0318. The van der Waals surface area contributed by atoms with Crippen LogP contribution in [0, 0.1) is 31.3 Å². The molecule has 0 spiro atoms. The lowest BCUT2D eigenvalue weighted by atomic mass is 9.97. The Labute approximate surface area is 272 Å². The first-order chi connectivity index (χ1) is 22.6. The van der Waals surface area contributed by atoms with E-state index in [9.17, 15) is 22.8 Å². The molecule has 0 atom stereocenters. The predicted molar refractivity (Wildman–Crippen MR) is 168 cm³/mol. The maximum Gasteiger partial charge on any atom is 0.261 e. The highest BCUT2D eigenvalue weighted by atomic mass is 32.1. The maximum absolute atomic E-state index is 13.5. The van der Waals surface area contributed by atoms with E-state index in [2.05, 4.69) is 15.5 Å². The number of pyridine rings is 1. The molecule has 9 nitrogen and oxygen atoms in total. The van der Waals surface area contributed by atoms with Crippen LogP contribution in [0.1, 0.15) is 61.8 Å². The monoisotopic (exact) mass is 661 g/mol. The minimum atomic E-state index is -0.974. The van der Waals surface area contributed by atoms with Gasteiger partial charge in [-0.05, 0) is 54.8 Å². The number of carbonyl (C=O) groups excluding carboxylic acids is 2. The Balaban J connectivity index is 0.000000327. The molecule has 5 heterocycles. The summed E-state index contributed by atoms with van der Waals surface area (Å²) in [6, 6.07) is 11.6. The van der Waals surface area contributed by atoms with Gasteiger partial charge in [-0.25, -0.2) is 13.2 Å². The molecule has 47 heavy (non-hydrogen) atoms. The number of aromatic nitrogens is 3. The fourth-order valence-corrected chi connectivity index (χ4v) is 6.51. The number of amides is 2. The Bertz CT molecular complexity index is 1990. The van der Waals surface area contributed by atoms with Crippen LogP contribution in [-0.4, -0.2) is 45.0 Å². The predicted octanol–water partition coefficient (Wildman–Crippen LogP) is 6.81. The lowest BCUT2D eigenvalue weighted by Crippen LogP contribution is -2.24. The van der Waals surface area contributed by atoms with Crippen molar-refractivity contribution in [2.24, 2.45) is 0 Å². The normalized spacial score (nSPS) is 13.1. The molecule has 0 unspecified atom stereocenters. The summed E-state index contributed by atoms with van der Waals surface area (Å²) >= 11 is 1.21. The summed E-state index contributed by atoms with van der Waals surface area (Å²) < 4.78 is 50.0. The molecule has 242 valence electrons. The van der Waals surface area contributed by atoms with Gasteiger partial charge in [-0.3, -0.25) is 14.6 Å². The Morgan fingerprint density at radius 2 is 1.83 bits per heavy atom. The second-order valence-corrected chi connectivity index (χ2v) is 12.2. The third kappa shape index (κ3) is 6.61. The van der Waals surface area contributed by atoms with E-state index in [1.165, 1.54) is 29.5 Å². The van der Waals surface area contributed by atoms with Crippen LogP contribution in [-0.2, 0) is 19.5 Å². The quantitative estimate of drug-likeness (QED) is 0.204. The Morgan fingerprint density at radius 1 is 1.00 bits per heavy atom. The van der Waals surface area contributed by atoms with Crippen LogP contribution in [0.4, 0.5) is 13.2 Å². The van der Waals surface area contributed by atoms with Gasteiger partial charge in [0.2, 0.25) is 11.8 Å². The highest BCUT2D eigenvalue weighted by molar-refractivity contribution is 7.17. The van der Waals surface area contributed by atoms with Gasteiger partial charge >= 0.3 is 0 Å². The van der Waals surface area contributed by atoms with Crippen molar-refractivity contribution in [1.29, 1.82) is 0 Å². The van der Waals surface area contributed by atoms with Crippen molar-refractivity contribution in [3.8, 4) is 27.6 Å². The van der Waals surface area contributed by atoms with E-state index in [1.54, 1.807) is 30.0 Å². The van der Waals surface area contributed by atoms with Crippen LogP contribution in [0.5, 0.6) is 5.75 Å². The van der Waals surface area contributed by atoms with Gasteiger partial charge in [0.05, 0.1) is 40.5 Å². The molecule has 0 saturated carbocycles. The number of nitrogens with zero attached hydrogens (tertiary/aromatic N) is 4. The smallest absolute Gasteiger partial charge is 0.261 e. The van der Waals surface area contributed by atoms with Crippen LogP contribution in [0.15, 0.2) is 52.9 Å². The first-order valence-electron chi connectivity index (χ1n) is 15.0. The van der Waals surface area contributed by atoms with Crippen LogP contribution >= 0.6 is 11.3 Å². The number of halogens is 3. The molecule has 2 aromatic carbocycles. The third-order valence-corrected chi connectivity index (χ3v) is 8.80. The molecule has 0 aliphatic carbocycles. The van der Waals surface area contributed by atoms with Crippen LogP contribution in [0.3, 0.4) is 0 Å². The molecule has 13 heteroatoms. The second-order valence-electron chi connectivity index (χ2n) is 11.1. The van der Waals surface area contributed by atoms with Crippen LogP contribution in [0.25, 0.3) is 21.9 Å². The van der Waals surface area contributed by atoms with Crippen molar-refractivity contribution >= 4 is 23.2 Å². The van der Waals surface area contributed by atoms with E-state index in [1.807, 2.05) is 13.8 Å². The van der Waals surface area contributed by atoms with Gasteiger partial charge < -0.3 is 19.4 Å². The first-order valence-corrected chi connectivity index (χ1v) is 15.8. The standard InChI is InChI=1S/C26H23F2N5O3S.C8H7FO/c1-4-9-33-12-18-22(26(33)35)23(21(13(2)30-18)25-32-31-14(3)36-25)19-7-8-20(37-19)24(34)29-11-15-5-6-16(27)17(28)10-15;9-7-2-1-6-3-4-10-8(6)5-7/h5-8,10H,4,9,11-12H2,1-3H3,(H,29,34);1-2,5H,3-4H2. The molecule has 2 aliphatic heterocycles. The van der Waals surface area contributed by atoms with Crippen molar-refractivity contribution < 1.29 is 31.9 Å². The molecule has 2 aliphatic rings. The fourth-order valence-electron chi connectivity index (χ4n) is 5.53. The van der Waals surface area contributed by atoms with Gasteiger partial charge in [0, 0.05) is 42.9 Å². The lowest BCUT2D eigenvalue weighted by Gasteiger charge is -2.14. The van der Waals surface area contributed by atoms with E-state index in [4.69, 9.17) is 14.1 Å².